The van der Waals surface area contributed by atoms with Crippen LogP contribution in [-0.4, -0.2) is 16.8 Å². The lowest BCUT2D eigenvalue weighted by molar-refractivity contribution is -0.136. The van der Waals surface area contributed by atoms with Gasteiger partial charge in [0.15, 0.2) is 11.6 Å². The molecule has 0 spiro atoms. The van der Waals surface area contributed by atoms with Gasteiger partial charge in [0.2, 0.25) is 0 Å². The van der Waals surface area contributed by atoms with Crippen molar-refractivity contribution < 1.29 is 22.8 Å². The van der Waals surface area contributed by atoms with Crippen molar-refractivity contribution >= 4 is 17.5 Å². The predicted molar refractivity (Wildman–Crippen MR) is 75.7 cm³/mol. The molecule has 0 saturated carbocycles. The van der Waals surface area contributed by atoms with Crippen LogP contribution in [0.5, 0.6) is 0 Å². The number of amides is 2. The quantitative estimate of drug-likeness (QED) is 0.673. The molecule has 1 atom stereocenters. The number of hydrogen-bond acceptors (Lipinski definition) is 3. The summed E-state index contributed by atoms with van der Waals surface area (Å²) in [6.45, 7) is 1.60. The van der Waals surface area contributed by atoms with Crippen molar-refractivity contribution in [3.05, 3.63) is 59.7 Å². The minimum Gasteiger partial charge on any atom is -0.340 e. The molecule has 2 aromatic rings. The van der Waals surface area contributed by atoms with Crippen LogP contribution in [0.2, 0.25) is 0 Å². The Kier molecular flexibility index (Phi) is 4.95. The van der Waals surface area contributed by atoms with Crippen molar-refractivity contribution in [2.24, 2.45) is 0 Å². The maximum absolute atomic E-state index is 13.4. The van der Waals surface area contributed by atoms with Gasteiger partial charge < -0.3 is 10.6 Å². The molecule has 120 valence electrons. The summed E-state index contributed by atoms with van der Waals surface area (Å²) in [4.78, 5) is 27.5. The summed E-state index contributed by atoms with van der Waals surface area (Å²) in [5.41, 5.74) is -0.109. The maximum Gasteiger partial charge on any atom is 0.313 e. The van der Waals surface area contributed by atoms with E-state index in [0.717, 1.165) is 0 Å². The molecule has 0 aliphatic carbocycles. The summed E-state index contributed by atoms with van der Waals surface area (Å²) >= 11 is 0. The van der Waals surface area contributed by atoms with E-state index in [2.05, 4.69) is 10.3 Å². The highest BCUT2D eigenvalue weighted by Crippen LogP contribution is 2.18. The first-order chi connectivity index (χ1) is 10.9. The van der Waals surface area contributed by atoms with Gasteiger partial charge in [0.05, 0.1) is 17.4 Å². The van der Waals surface area contributed by atoms with Gasteiger partial charge in [-0.2, -0.15) is 0 Å². The van der Waals surface area contributed by atoms with Crippen LogP contribution < -0.4 is 10.6 Å². The number of aromatic nitrogens is 1. The third-order valence-corrected chi connectivity index (χ3v) is 2.94. The molecule has 0 aliphatic rings. The first-order valence-electron chi connectivity index (χ1n) is 6.56. The maximum atomic E-state index is 13.4. The van der Waals surface area contributed by atoms with E-state index in [0.29, 0.717) is 11.8 Å². The molecule has 0 radical (unpaired) electrons. The van der Waals surface area contributed by atoms with E-state index in [9.17, 15) is 22.8 Å². The smallest absolute Gasteiger partial charge is 0.313 e. The van der Waals surface area contributed by atoms with Crippen molar-refractivity contribution in [2.75, 3.05) is 5.32 Å². The standard InChI is InChI=1S/C15H12F3N3O2/c1-8(12-4-2-3-5-19-12)20-14(22)15(23)21-13-7-10(17)9(16)6-11(13)18/h2-8H,1H3,(H,20,22)(H,21,23)/t8-/m1/s1. The summed E-state index contributed by atoms with van der Waals surface area (Å²) in [5.74, 6) is -6.20. The number of carbonyl (C=O) groups is 2. The minimum absolute atomic E-state index is 0.277. The molecular formula is C15H12F3N3O2. The van der Waals surface area contributed by atoms with E-state index in [-0.39, 0.29) is 6.07 Å². The Balaban J connectivity index is 2.03. The number of carbonyl (C=O) groups excluding carboxylic acids is 2. The lowest BCUT2D eigenvalue weighted by atomic mass is 10.2. The molecule has 23 heavy (non-hydrogen) atoms. The zero-order valence-electron chi connectivity index (χ0n) is 11.9. The fourth-order valence-electron chi connectivity index (χ4n) is 1.77. The second kappa shape index (κ2) is 6.91. The molecule has 1 aromatic carbocycles. The second-order valence-corrected chi connectivity index (χ2v) is 4.65. The van der Waals surface area contributed by atoms with Crippen LogP contribution in [-0.2, 0) is 9.59 Å². The van der Waals surface area contributed by atoms with E-state index in [1.807, 2.05) is 5.32 Å². The van der Waals surface area contributed by atoms with Crippen LogP contribution in [0.1, 0.15) is 18.7 Å². The van der Waals surface area contributed by atoms with Crippen molar-refractivity contribution in [3.8, 4) is 0 Å². The van der Waals surface area contributed by atoms with E-state index >= 15 is 0 Å². The van der Waals surface area contributed by atoms with E-state index in [4.69, 9.17) is 0 Å². The first-order valence-corrected chi connectivity index (χ1v) is 6.56. The molecule has 0 fully saturated rings. The van der Waals surface area contributed by atoms with Crippen LogP contribution in [0.4, 0.5) is 18.9 Å². The SMILES string of the molecule is C[C@@H](NC(=O)C(=O)Nc1cc(F)c(F)cc1F)c1ccccn1. The molecule has 0 unspecified atom stereocenters. The number of pyridine rings is 1. The molecule has 0 saturated heterocycles. The highest BCUT2D eigenvalue weighted by Gasteiger charge is 2.20. The Bertz CT molecular complexity index is 738. The van der Waals surface area contributed by atoms with Gasteiger partial charge in [0.1, 0.15) is 5.82 Å². The topological polar surface area (TPSA) is 71.1 Å². The van der Waals surface area contributed by atoms with E-state index < -0.39 is 41.0 Å². The minimum atomic E-state index is -1.39. The normalized spacial score (nSPS) is 11.7. The average Bonchev–Trinajstić information content (AvgIpc) is 2.53. The number of nitrogens with zero attached hydrogens (tertiary/aromatic N) is 1. The predicted octanol–water partition coefficient (Wildman–Crippen LogP) is 2.31. The number of benzene rings is 1. The van der Waals surface area contributed by atoms with Gasteiger partial charge in [-0.3, -0.25) is 14.6 Å². The number of halogens is 3. The number of rotatable bonds is 3. The summed E-state index contributed by atoms with van der Waals surface area (Å²) < 4.78 is 39.3. The summed E-state index contributed by atoms with van der Waals surface area (Å²) in [6.07, 6.45) is 1.52. The zero-order chi connectivity index (χ0) is 17.0. The van der Waals surface area contributed by atoms with E-state index in [1.54, 1.807) is 25.1 Å². The molecule has 0 bridgehead atoms. The molecule has 2 N–H and O–H groups in total. The molecular weight excluding hydrogens is 311 g/mol. The Morgan fingerprint density at radius 3 is 2.39 bits per heavy atom. The van der Waals surface area contributed by atoms with Crippen LogP contribution in [0.3, 0.4) is 0 Å². The van der Waals surface area contributed by atoms with Gasteiger partial charge in [-0.1, -0.05) is 6.07 Å². The molecule has 1 aromatic heterocycles. The fourth-order valence-corrected chi connectivity index (χ4v) is 1.77. The first kappa shape index (κ1) is 16.5. The average molecular weight is 323 g/mol. The Morgan fingerprint density at radius 2 is 1.74 bits per heavy atom. The highest BCUT2D eigenvalue weighted by atomic mass is 19.2. The fraction of sp³-hybridized carbons (Fsp3) is 0.133. The lowest BCUT2D eigenvalue weighted by Crippen LogP contribution is -2.37. The Morgan fingerprint density at radius 1 is 1.04 bits per heavy atom. The molecule has 1 heterocycles. The molecule has 2 amide bonds. The van der Waals surface area contributed by atoms with Crippen molar-refractivity contribution in [2.45, 2.75) is 13.0 Å². The highest BCUT2D eigenvalue weighted by molar-refractivity contribution is 6.39. The monoisotopic (exact) mass is 323 g/mol. The lowest BCUT2D eigenvalue weighted by Gasteiger charge is -2.13. The summed E-state index contributed by atoms with van der Waals surface area (Å²) in [7, 11) is 0. The summed E-state index contributed by atoms with van der Waals surface area (Å²) in [5, 5.41) is 4.24. The van der Waals surface area contributed by atoms with Gasteiger partial charge in [-0.05, 0) is 19.1 Å². The Labute approximate surface area is 129 Å². The second-order valence-electron chi connectivity index (χ2n) is 4.65. The summed E-state index contributed by atoms with van der Waals surface area (Å²) in [6, 6.07) is 5.22. The third kappa shape index (κ3) is 4.06. The largest absolute Gasteiger partial charge is 0.340 e. The van der Waals surface area contributed by atoms with Crippen LogP contribution in [0.15, 0.2) is 36.5 Å². The third-order valence-electron chi connectivity index (χ3n) is 2.94. The molecule has 8 heteroatoms. The van der Waals surface area contributed by atoms with Gasteiger partial charge >= 0.3 is 11.8 Å². The van der Waals surface area contributed by atoms with Crippen molar-refractivity contribution in [1.29, 1.82) is 0 Å². The molecule has 0 aliphatic heterocycles. The zero-order valence-corrected chi connectivity index (χ0v) is 11.9. The van der Waals surface area contributed by atoms with Crippen LogP contribution in [0, 0.1) is 17.5 Å². The van der Waals surface area contributed by atoms with Crippen molar-refractivity contribution in [3.63, 3.8) is 0 Å². The van der Waals surface area contributed by atoms with Gasteiger partial charge in [0.25, 0.3) is 0 Å². The van der Waals surface area contributed by atoms with Crippen LogP contribution in [0.25, 0.3) is 0 Å². The molecule has 2 rings (SSSR count). The number of nitrogens with one attached hydrogen (secondary N) is 2. The van der Waals surface area contributed by atoms with Crippen molar-refractivity contribution in [1.82, 2.24) is 10.3 Å². The van der Waals surface area contributed by atoms with Gasteiger partial charge in [-0.15, -0.1) is 0 Å². The number of hydrogen-bond donors (Lipinski definition) is 2. The van der Waals surface area contributed by atoms with Crippen LogP contribution >= 0.6 is 0 Å². The Hall–Kier alpha value is -2.90. The van der Waals surface area contributed by atoms with Gasteiger partial charge in [0, 0.05) is 18.3 Å². The molecule has 5 nitrogen and oxygen atoms in total. The number of anilines is 1. The van der Waals surface area contributed by atoms with E-state index in [1.165, 1.54) is 6.20 Å². The van der Waals surface area contributed by atoms with Gasteiger partial charge in [-0.25, -0.2) is 13.2 Å².